The number of Topliss-reactive ketones (excluding diaryl/α,β-unsaturated/α-hetero) is 1. The number of ketones is 1. The first-order valence-corrected chi connectivity index (χ1v) is 5.29. The molecule has 0 aromatic rings. The number of carbonyl (C=O) groups excluding carboxylic acids is 2. The zero-order chi connectivity index (χ0) is 11.1. The molecule has 0 saturated carbocycles. The van der Waals surface area contributed by atoms with Gasteiger partial charge in [-0.2, -0.15) is 0 Å². The van der Waals surface area contributed by atoms with Crippen molar-refractivity contribution < 1.29 is 14.3 Å². The standard InChI is InChI=1S/C12H16O3/c1-2-15-12(14)9-8-11(13)10-6-4-3-5-7-10/h4,6-7H,2-3,5,8-9H2,1H3. The van der Waals surface area contributed by atoms with Gasteiger partial charge in [-0.1, -0.05) is 18.2 Å². The Bertz CT molecular complexity index is 300. The lowest BCUT2D eigenvalue weighted by atomic mass is 10.0. The molecule has 0 aromatic heterocycles. The second-order valence-electron chi connectivity index (χ2n) is 3.37. The summed E-state index contributed by atoms with van der Waals surface area (Å²) in [7, 11) is 0. The van der Waals surface area contributed by atoms with E-state index in [0.29, 0.717) is 6.61 Å². The molecule has 0 spiro atoms. The van der Waals surface area contributed by atoms with Crippen LogP contribution in [0, 0.1) is 0 Å². The minimum absolute atomic E-state index is 0.0269. The highest BCUT2D eigenvalue weighted by molar-refractivity contribution is 5.99. The molecule has 15 heavy (non-hydrogen) atoms. The van der Waals surface area contributed by atoms with E-state index in [4.69, 9.17) is 4.74 Å². The zero-order valence-corrected chi connectivity index (χ0v) is 8.99. The summed E-state index contributed by atoms with van der Waals surface area (Å²) in [5.41, 5.74) is 0.727. The van der Waals surface area contributed by atoms with Gasteiger partial charge in [-0.15, -0.1) is 0 Å². The third-order valence-corrected chi connectivity index (χ3v) is 2.18. The quantitative estimate of drug-likeness (QED) is 0.650. The molecule has 0 aromatic carbocycles. The fourth-order valence-electron chi connectivity index (χ4n) is 1.41. The summed E-state index contributed by atoms with van der Waals surface area (Å²) < 4.78 is 4.75. The summed E-state index contributed by atoms with van der Waals surface area (Å²) in [5, 5.41) is 0. The van der Waals surface area contributed by atoms with Gasteiger partial charge in [0.05, 0.1) is 13.0 Å². The summed E-state index contributed by atoms with van der Waals surface area (Å²) in [6.07, 6.45) is 8.07. The molecule has 0 aliphatic heterocycles. The molecule has 1 rings (SSSR count). The number of esters is 1. The van der Waals surface area contributed by atoms with Gasteiger partial charge in [-0.05, 0) is 19.8 Å². The van der Waals surface area contributed by atoms with Crippen LogP contribution in [0.25, 0.3) is 0 Å². The highest BCUT2D eigenvalue weighted by Gasteiger charge is 2.11. The molecule has 3 heteroatoms. The van der Waals surface area contributed by atoms with Gasteiger partial charge in [0, 0.05) is 12.0 Å². The van der Waals surface area contributed by atoms with Crippen molar-refractivity contribution in [2.45, 2.75) is 32.6 Å². The van der Waals surface area contributed by atoms with Crippen LogP contribution in [-0.4, -0.2) is 18.4 Å². The maximum atomic E-state index is 11.6. The maximum absolute atomic E-state index is 11.6. The Morgan fingerprint density at radius 3 is 2.73 bits per heavy atom. The molecule has 0 amide bonds. The number of ether oxygens (including phenoxy) is 1. The minimum atomic E-state index is -0.300. The lowest BCUT2D eigenvalue weighted by Crippen LogP contribution is -2.09. The molecule has 0 unspecified atom stereocenters. The fourth-order valence-corrected chi connectivity index (χ4v) is 1.41. The predicted molar refractivity (Wildman–Crippen MR) is 57.3 cm³/mol. The van der Waals surface area contributed by atoms with E-state index >= 15 is 0 Å². The molecule has 82 valence electrons. The third kappa shape index (κ3) is 4.11. The first kappa shape index (κ1) is 11.7. The molecule has 0 saturated heterocycles. The predicted octanol–water partition coefficient (Wildman–Crippen LogP) is 2.18. The molecule has 1 aliphatic rings. The topological polar surface area (TPSA) is 43.4 Å². The van der Waals surface area contributed by atoms with Crippen molar-refractivity contribution in [3.05, 3.63) is 23.8 Å². The zero-order valence-electron chi connectivity index (χ0n) is 8.99. The van der Waals surface area contributed by atoms with Crippen LogP contribution in [-0.2, 0) is 14.3 Å². The van der Waals surface area contributed by atoms with E-state index in [-0.39, 0.29) is 24.6 Å². The molecule has 0 N–H and O–H groups in total. The Balaban J connectivity index is 2.33. The minimum Gasteiger partial charge on any atom is -0.466 e. The highest BCUT2D eigenvalue weighted by Crippen LogP contribution is 2.13. The van der Waals surface area contributed by atoms with Gasteiger partial charge in [-0.3, -0.25) is 9.59 Å². The van der Waals surface area contributed by atoms with E-state index in [2.05, 4.69) is 0 Å². The SMILES string of the molecule is CCOC(=O)CCC(=O)C1=CCCC=C1. The number of carbonyl (C=O) groups is 2. The van der Waals surface area contributed by atoms with Gasteiger partial charge in [0.1, 0.15) is 0 Å². The van der Waals surface area contributed by atoms with Crippen molar-refractivity contribution in [3.8, 4) is 0 Å². The lowest BCUT2D eigenvalue weighted by molar-refractivity contribution is -0.144. The Kier molecular flexibility index (Phi) is 4.81. The van der Waals surface area contributed by atoms with Crippen molar-refractivity contribution in [1.82, 2.24) is 0 Å². The third-order valence-electron chi connectivity index (χ3n) is 2.18. The molecular formula is C12H16O3. The number of rotatable bonds is 5. The van der Waals surface area contributed by atoms with Gasteiger partial charge in [-0.25, -0.2) is 0 Å². The van der Waals surface area contributed by atoms with E-state index in [1.54, 1.807) is 6.92 Å². The van der Waals surface area contributed by atoms with Crippen LogP contribution in [0.1, 0.15) is 32.6 Å². The molecule has 0 atom stereocenters. The summed E-state index contributed by atoms with van der Waals surface area (Å²) in [4.78, 5) is 22.6. The second kappa shape index (κ2) is 6.17. The fraction of sp³-hybridized carbons (Fsp3) is 0.500. The van der Waals surface area contributed by atoms with Gasteiger partial charge in [0.15, 0.2) is 5.78 Å². The van der Waals surface area contributed by atoms with E-state index in [9.17, 15) is 9.59 Å². The largest absolute Gasteiger partial charge is 0.466 e. The van der Waals surface area contributed by atoms with Crippen LogP contribution in [0.5, 0.6) is 0 Å². The summed E-state index contributed by atoms with van der Waals surface area (Å²) in [5.74, 6) is -0.273. The number of hydrogen-bond donors (Lipinski definition) is 0. The Hall–Kier alpha value is -1.38. The molecule has 0 fully saturated rings. The van der Waals surface area contributed by atoms with Gasteiger partial charge in [0.25, 0.3) is 0 Å². The van der Waals surface area contributed by atoms with Crippen LogP contribution in [0.15, 0.2) is 23.8 Å². The van der Waals surface area contributed by atoms with E-state index < -0.39 is 0 Å². The van der Waals surface area contributed by atoms with E-state index in [1.165, 1.54) is 0 Å². The smallest absolute Gasteiger partial charge is 0.306 e. The molecule has 0 radical (unpaired) electrons. The van der Waals surface area contributed by atoms with Crippen LogP contribution in [0.2, 0.25) is 0 Å². The van der Waals surface area contributed by atoms with Crippen molar-refractivity contribution in [1.29, 1.82) is 0 Å². The van der Waals surface area contributed by atoms with Crippen molar-refractivity contribution >= 4 is 11.8 Å². The summed E-state index contributed by atoms with van der Waals surface area (Å²) >= 11 is 0. The van der Waals surface area contributed by atoms with Crippen LogP contribution in [0.3, 0.4) is 0 Å². The average Bonchev–Trinajstić information content (AvgIpc) is 2.27. The van der Waals surface area contributed by atoms with Crippen molar-refractivity contribution in [3.63, 3.8) is 0 Å². The second-order valence-corrected chi connectivity index (χ2v) is 3.37. The molecular weight excluding hydrogens is 192 g/mol. The summed E-state index contributed by atoms with van der Waals surface area (Å²) in [6.45, 7) is 2.13. The molecule has 1 aliphatic carbocycles. The summed E-state index contributed by atoms with van der Waals surface area (Å²) in [6, 6.07) is 0. The first-order valence-electron chi connectivity index (χ1n) is 5.29. The van der Waals surface area contributed by atoms with Gasteiger partial charge >= 0.3 is 5.97 Å². The van der Waals surface area contributed by atoms with E-state index in [0.717, 1.165) is 18.4 Å². The molecule has 0 bridgehead atoms. The Morgan fingerprint density at radius 1 is 1.33 bits per heavy atom. The number of allylic oxidation sites excluding steroid dienone is 4. The molecule has 3 nitrogen and oxygen atoms in total. The van der Waals surface area contributed by atoms with Crippen molar-refractivity contribution in [2.24, 2.45) is 0 Å². The molecule has 0 heterocycles. The highest BCUT2D eigenvalue weighted by atomic mass is 16.5. The number of hydrogen-bond acceptors (Lipinski definition) is 3. The lowest BCUT2D eigenvalue weighted by Gasteiger charge is -2.05. The Labute approximate surface area is 89.8 Å². The van der Waals surface area contributed by atoms with Crippen LogP contribution in [0.4, 0.5) is 0 Å². The Morgan fingerprint density at radius 2 is 2.13 bits per heavy atom. The van der Waals surface area contributed by atoms with Gasteiger partial charge < -0.3 is 4.74 Å². The maximum Gasteiger partial charge on any atom is 0.306 e. The van der Waals surface area contributed by atoms with Crippen molar-refractivity contribution in [2.75, 3.05) is 6.61 Å². The van der Waals surface area contributed by atoms with Crippen LogP contribution < -0.4 is 0 Å². The van der Waals surface area contributed by atoms with Gasteiger partial charge in [0.2, 0.25) is 0 Å². The first-order chi connectivity index (χ1) is 7.24. The van der Waals surface area contributed by atoms with Crippen LogP contribution >= 0.6 is 0 Å². The normalized spacial score (nSPS) is 14.6. The van der Waals surface area contributed by atoms with E-state index in [1.807, 2.05) is 18.2 Å². The monoisotopic (exact) mass is 208 g/mol. The average molecular weight is 208 g/mol.